The lowest BCUT2D eigenvalue weighted by Crippen LogP contribution is -2.41. The number of hydrogen-bond acceptors (Lipinski definition) is 4. The van der Waals surface area contributed by atoms with Crippen LogP contribution in [0.1, 0.15) is 50.7 Å². The molecule has 2 aromatic carbocycles. The molecule has 0 saturated carbocycles. The first-order valence-corrected chi connectivity index (χ1v) is 11.9. The van der Waals surface area contributed by atoms with Crippen LogP contribution in [0.3, 0.4) is 0 Å². The lowest BCUT2D eigenvalue weighted by molar-refractivity contribution is -0.149. The van der Waals surface area contributed by atoms with Gasteiger partial charge in [-0.15, -0.1) is 0 Å². The zero-order valence-electron chi connectivity index (χ0n) is 19.9. The van der Waals surface area contributed by atoms with Crippen molar-refractivity contribution in [2.75, 3.05) is 19.7 Å². The molecule has 2 aromatic rings. The third-order valence-corrected chi connectivity index (χ3v) is 7.52. The highest BCUT2D eigenvalue weighted by Crippen LogP contribution is 2.44. The summed E-state index contributed by atoms with van der Waals surface area (Å²) in [5.41, 5.74) is 3.67. The normalized spacial score (nSPS) is 22.1. The Morgan fingerprint density at radius 2 is 1.71 bits per heavy atom. The van der Waals surface area contributed by atoms with Crippen molar-refractivity contribution in [3.63, 3.8) is 0 Å². The van der Waals surface area contributed by atoms with Crippen molar-refractivity contribution in [2.45, 2.75) is 45.6 Å². The minimum absolute atomic E-state index is 0.0281. The fraction of sp³-hybridized carbons (Fsp3) is 0.444. The molecule has 34 heavy (non-hydrogen) atoms. The van der Waals surface area contributed by atoms with E-state index in [0.29, 0.717) is 13.0 Å². The zero-order valence-corrected chi connectivity index (χ0v) is 19.9. The average Bonchev–Trinajstić information content (AvgIpc) is 3.32. The number of likely N-dealkylation sites (tertiary alicyclic amines) is 1. The van der Waals surface area contributed by atoms with Crippen LogP contribution in [0.5, 0.6) is 0 Å². The van der Waals surface area contributed by atoms with Gasteiger partial charge in [-0.3, -0.25) is 9.59 Å². The van der Waals surface area contributed by atoms with Crippen LogP contribution in [0.25, 0.3) is 11.1 Å². The Labute approximate surface area is 200 Å². The highest BCUT2D eigenvalue weighted by atomic mass is 16.5. The maximum atomic E-state index is 12.8. The maximum Gasteiger partial charge on any atom is 0.407 e. The van der Waals surface area contributed by atoms with Crippen molar-refractivity contribution in [3.8, 4) is 11.1 Å². The SMILES string of the molecule is CCC(CC(=O)N1C[C@H](C)[C@@](C)(C(=O)O)C1)NC(=O)OCC1c2ccccc2-c2ccccc21. The summed E-state index contributed by atoms with van der Waals surface area (Å²) in [6.45, 7) is 6.24. The van der Waals surface area contributed by atoms with Crippen LogP contribution < -0.4 is 5.32 Å². The molecule has 0 aromatic heterocycles. The number of rotatable bonds is 7. The fourth-order valence-electron chi connectivity index (χ4n) is 5.06. The molecule has 1 aliphatic heterocycles. The molecule has 1 aliphatic carbocycles. The molecule has 2 aliphatic rings. The van der Waals surface area contributed by atoms with Gasteiger partial charge in [-0.05, 0) is 41.5 Å². The predicted octanol–water partition coefficient (Wildman–Crippen LogP) is 4.26. The van der Waals surface area contributed by atoms with Gasteiger partial charge < -0.3 is 20.1 Å². The van der Waals surface area contributed by atoms with Crippen LogP contribution in [0.2, 0.25) is 0 Å². The van der Waals surface area contributed by atoms with Crippen LogP contribution in [0.4, 0.5) is 4.79 Å². The Kier molecular flexibility index (Phi) is 6.64. The van der Waals surface area contributed by atoms with E-state index in [1.807, 2.05) is 38.1 Å². The highest BCUT2D eigenvalue weighted by molar-refractivity contribution is 5.82. The number of ether oxygens (including phenoxy) is 1. The van der Waals surface area contributed by atoms with Gasteiger partial charge in [0.25, 0.3) is 0 Å². The quantitative estimate of drug-likeness (QED) is 0.638. The molecule has 3 atom stereocenters. The number of carbonyl (C=O) groups is 3. The van der Waals surface area contributed by atoms with E-state index in [1.54, 1.807) is 11.8 Å². The molecule has 2 amide bonds. The minimum atomic E-state index is -0.947. The molecule has 1 unspecified atom stereocenters. The van der Waals surface area contributed by atoms with E-state index in [2.05, 4.69) is 29.6 Å². The Balaban J connectivity index is 1.34. The largest absolute Gasteiger partial charge is 0.481 e. The zero-order chi connectivity index (χ0) is 24.5. The number of nitrogens with zero attached hydrogens (tertiary/aromatic N) is 1. The molecule has 1 saturated heterocycles. The molecule has 2 N–H and O–H groups in total. The van der Waals surface area contributed by atoms with Gasteiger partial charge in [-0.25, -0.2) is 4.79 Å². The number of amides is 2. The number of alkyl carbamates (subject to hydrolysis) is 1. The number of hydrogen-bond donors (Lipinski definition) is 2. The molecule has 0 radical (unpaired) electrons. The number of carbonyl (C=O) groups excluding carboxylic acids is 2. The number of carboxylic acids is 1. The Morgan fingerprint density at radius 1 is 1.12 bits per heavy atom. The topological polar surface area (TPSA) is 95.9 Å². The molecular formula is C27H32N2O5. The second kappa shape index (κ2) is 9.49. The monoisotopic (exact) mass is 464 g/mol. The van der Waals surface area contributed by atoms with Crippen LogP contribution in [-0.4, -0.2) is 53.7 Å². The standard InChI is InChI=1S/C27H32N2O5/c1-4-18(13-24(30)29-14-17(2)27(3,16-29)25(31)32)28-26(33)34-15-23-21-11-7-5-9-19(21)20-10-6-8-12-22(20)23/h5-12,17-18,23H,4,13-16H2,1-3H3,(H,28,33)(H,31,32)/t17-,18?,27-/m0/s1. The summed E-state index contributed by atoms with van der Waals surface area (Å²) in [7, 11) is 0. The summed E-state index contributed by atoms with van der Waals surface area (Å²) in [6.07, 6.45) is 0.130. The summed E-state index contributed by atoms with van der Waals surface area (Å²) in [6, 6.07) is 15.9. The van der Waals surface area contributed by atoms with Crippen molar-refractivity contribution in [1.29, 1.82) is 0 Å². The van der Waals surface area contributed by atoms with Crippen LogP contribution >= 0.6 is 0 Å². The molecule has 1 heterocycles. The maximum absolute atomic E-state index is 12.8. The summed E-state index contributed by atoms with van der Waals surface area (Å²) in [4.78, 5) is 38.7. The summed E-state index contributed by atoms with van der Waals surface area (Å²) >= 11 is 0. The first kappa shape index (κ1) is 23.8. The van der Waals surface area contributed by atoms with Gasteiger partial charge in [-0.2, -0.15) is 0 Å². The lowest BCUT2D eigenvalue weighted by Gasteiger charge is -2.24. The molecule has 7 nitrogen and oxygen atoms in total. The Bertz CT molecular complexity index is 1050. The van der Waals surface area contributed by atoms with E-state index >= 15 is 0 Å². The molecule has 4 rings (SSSR count). The van der Waals surface area contributed by atoms with Gasteiger partial charge in [0, 0.05) is 31.5 Å². The van der Waals surface area contributed by atoms with Gasteiger partial charge in [0.05, 0.1) is 5.41 Å². The fourth-order valence-corrected chi connectivity index (χ4v) is 5.06. The van der Waals surface area contributed by atoms with Crippen molar-refractivity contribution in [2.24, 2.45) is 11.3 Å². The number of carboxylic acid groups (broad SMARTS) is 1. The predicted molar refractivity (Wildman–Crippen MR) is 128 cm³/mol. The molecular weight excluding hydrogens is 432 g/mol. The number of benzene rings is 2. The van der Waals surface area contributed by atoms with Gasteiger partial charge >= 0.3 is 12.1 Å². The third kappa shape index (κ3) is 4.39. The minimum Gasteiger partial charge on any atom is -0.481 e. The first-order valence-electron chi connectivity index (χ1n) is 11.9. The summed E-state index contributed by atoms with van der Waals surface area (Å²) in [5.74, 6) is -1.20. The van der Waals surface area contributed by atoms with Crippen molar-refractivity contribution in [3.05, 3.63) is 59.7 Å². The average molecular weight is 465 g/mol. The van der Waals surface area contributed by atoms with E-state index in [4.69, 9.17) is 4.74 Å². The van der Waals surface area contributed by atoms with Gasteiger partial charge in [0.2, 0.25) is 5.91 Å². The number of aliphatic carboxylic acids is 1. The second-order valence-corrected chi connectivity index (χ2v) is 9.68. The summed E-state index contributed by atoms with van der Waals surface area (Å²) in [5, 5.41) is 12.4. The van der Waals surface area contributed by atoms with E-state index < -0.39 is 17.5 Å². The Hall–Kier alpha value is -3.35. The summed E-state index contributed by atoms with van der Waals surface area (Å²) < 4.78 is 5.61. The van der Waals surface area contributed by atoms with E-state index in [-0.39, 0.29) is 43.4 Å². The van der Waals surface area contributed by atoms with E-state index in [0.717, 1.165) is 22.3 Å². The van der Waals surface area contributed by atoms with Gasteiger partial charge in [0.15, 0.2) is 0 Å². The van der Waals surface area contributed by atoms with Crippen LogP contribution in [-0.2, 0) is 14.3 Å². The van der Waals surface area contributed by atoms with Crippen molar-refractivity contribution >= 4 is 18.0 Å². The molecule has 0 bridgehead atoms. The highest BCUT2D eigenvalue weighted by Gasteiger charge is 2.47. The number of nitrogens with one attached hydrogen (secondary N) is 1. The van der Waals surface area contributed by atoms with Crippen molar-refractivity contribution < 1.29 is 24.2 Å². The van der Waals surface area contributed by atoms with Crippen LogP contribution in [0.15, 0.2) is 48.5 Å². The molecule has 180 valence electrons. The molecule has 0 spiro atoms. The lowest BCUT2D eigenvalue weighted by atomic mass is 9.81. The Morgan fingerprint density at radius 3 is 2.24 bits per heavy atom. The number of fused-ring (bicyclic) bond motifs is 3. The second-order valence-electron chi connectivity index (χ2n) is 9.68. The molecule has 7 heteroatoms. The van der Waals surface area contributed by atoms with Crippen molar-refractivity contribution in [1.82, 2.24) is 10.2 Å². The third-order valence-electron chi connectivity index (χ3n) is 7.52. The first-order chi connectivity index (χ1) is 16.2. The van der Waals surface area contributed by atoms with Crippen LogP contribution in [0, 0.1) is 11.3 Å². The van der Waals surface area contributed by atoms with Gasteiger partial charge in [0.1, 0.15) is 6.61 Å². The van der Waals surface area contributed by atoms with Gasteiger partial charge in [-0.1, -0.05) is 62.4 Å². The van der Waals surface area contributed by atoms with E-state index in [9.17, 15) is 19.5 Å². The molecule has 1 fully saturated rings. The smallest absolute Gasteiger partial charge is 0.407 e. The van der Waals surface area contributed by atoms with E-state index in [1.165, 1.54) is 0 Å².